The Kier molecular flexibility index (Phi) is 4.96. The van der Waals surface area contributed by atoms with Gasteiger partial charge in [0.05, 0.1) is 0 Å². The second-order valence-corrected chi connectivity index (χ2v) is 11.8. The van der Waals surface area contributed by atoms with Crippen LogP contribution in [0.3, 0.4) is 0 Å². The molecule has 0 saturated carbocycles. The summed E-state index contributed by atoms with van der Waals surface area (Å²) >= 11 is -0.558. The van der Waals surface area contributed by atoms with Gasteiger partial charge in [0.25, 0.3) is 0 Å². The zero-order chi connectivity index (χ0) is 9.07. The molecule has 0 bridgehead atoms. The van der Waals surface area contributed by atoms with Crippen LogP contribution in [0.25, 0.3) is 0 Å². The molecule has 0 aromatic heterocycles. The zero-order valence-corrected chi connectivity index (χ0v) is 11.4. The third-order valence-corrected chi connectivity index (χ3v) is 5.48. The molecule has 0 unspecified atom stereocenters. The van der Waals surface area contributed by atoms with Gasteiger partial charge in [0.1, 0.15) is 0 Å². The molecule has 0 aliphatic rings. The summed E-state index contributed by atoms with van der Waals surface area (Å²) < 4.78 is 1.09. The maximum absolute atomic E-state index is 11.4. The number of hydrogen-bond acceptors (Lipinski definition) is 1. The summed E-state index contributed by atoms with van der Waals surface area (Å²) in [5.74, 6) is 0. The first-order valence-corrected chi connectivity index (χ1v) is 11.0. The van der Waals surface area contributed by atoms with Crippen LogP contribution in [0.1, 0.15) is 6.92 Å². The van der Waals surface area contributed by atoms with Crippen molar-refractivity contribution in [2.24, 2.45) is 0 Å². The molecule has 0 radical (unpaired) electrons. The molecule has 0 heterocycles. The van der Waals surface area contributed by atoms with Crippen molar-refractivity contribution >= 4 is 42.2 Å². The molecular weight excluding hydrogens is 291 g/mol. The van der Waals surface area contributed by atoms with E-state index in [0.29, 0.717) is 5.41 Å². The van der Waals surface area contributed by atoms with Gasteiger partial charge in [-0.05, 0) is 0 Å². The van der Waals surface area contributed by atoms with E-state index in [2.05, 4.69) is 0 Å². The Balaban J connectivity index is 4.30. The predicted molar refractivity (Wildman–Crippen MR) is 53.7 cm³/mol. The first kappa shape index (κ1) is 11.7. The van der Waals surface area contributed by atoms with E-state index in [9.17, 15) is 4.79 Å². The van der Waals surface area contributed by atoms with E-state index in [4.69, 9.17) is 8.96 Å². The summed E-state index contributed by atoms with van der Waals surface area (Å²) in [6.07, 6.45) is 1.74. The number of hydrogen-bond donors (Lipinski definition) is 0. The van der Waals surface area contributed by atoms with Crippen LogP contribution in [0.2, 0.25) is 19.6 Å². The Morgan fingerprint density at radius 3 is 2.18 bits per heavy atom. The van der Waals surface area contributed by atoms with Crippen LogP contribution in [-0.2, 0) is 4.79 Å². The minimum absolute atomic E-state index is 0.306. The summed E-state index contributed by atoms with van der Waals surface area (Å²) in [5.41, 5.74) is 0. The van der Waals surface area contributed by atoms with Gasteiger partial charge in [-0.1, -0.05) is 0 Å². The number of allylic oxidation sites excluding steroid dienone is 2. The molecule has 0 aliphatic heterocycles. The number of carbonyl (C=O) groups excluding carboxylic acids is 1. The summed E-state index contributed by atoms with van der Waals surface area (Å²) in [6.45, 7) is 8.09. The molecule has 0 rings (SSSR count). The van der Waals surface area contributed by atoms with Crippen LogP contribution >= 0.6 is 8.96 Å². The monoisotopic (exact) mass is 306 g/mol. The van der Waals surface area contributed by atoms with Crippen LogP contribution in [-0.4, -0.2) is 33.3 Å². The molecule has 0 fully saturated rings. The summed E-state index contributed by atoms with van der Waals surface area (Å²) in [7, 11) is 4.08. The van der Waals surface area contributed by atoms with Gasteiger partial charge in [-0.15, -0.1) is 0 Å². The molecule has 0 spiro atoms. The van der Waals surface area contributed by atoms with E-state index in [1.807, 2.05) is 26.6 Å². The maximum atomic E-state index is 11.4. The van der Waals surface area contributed by atoms with Gasteiger partial charge in [-0.25, -0.2) is 0 Å². The summed E-state index contributed by atoms with van der Waals surface area (Å²) in [5, 5.41) is 0.306. The van der Waals surface area contributed by atoms with Crippen LogP contribution in [0.4, 0.5) is 0 Å². The number of halogens is 1. The number of rotatable bonds is 3. The van der Waals surface area contributed by atoms with Gasteiger partial charge in [0.15, 0.2) is 0 Å². The Labute approximate surface area is 83.0 Å². The third kappa shape index (κ3) is 5.03. The van der Waals surface area contributed by atoms with Crippen molar-refractivity contribution in [3.8, 4) is 0 Å². The first-order chi connectivity index (χ1) is 4.88. The Hall–Kier alpha value is 0.706. The van der Waals surface area contributed by atoms with E-state index in [1.54, 1.807) is 6.08 Å². The van der Waals surface area contributed by atoms with E-state index >= 15 is 0 Å². The molecule has 0 amide bonds. The van der Waals surface area contributed by atoms with Crippen molar-refractivity contribution in [1.29, 1.82) is 0 Å². The Morgan fingerprint density at radius 1 is 1.45 bits per heavy atom. The first-order valence-electron chi connectivity index (χ1n) is 3.39. The molecular formula is C7H13ClOSiTe. The van der Waals surface area contributed by atoms with Gasteiger partial charge in [-0.2, -0.15) is 0 Å². The fourth-order valence-corrected chi connectivity index (χ4v) is 2.13. The van der Waals surface area contributed by atoms with Gasteiger partial charge in [0, 0.05) is 0 Å². The topological polar surface area (TPSA) is 17.1 Å². The summed E-state index contributed by atoms with van der Waals surface area (Å²) in [4.78, 5) is 11.4. The molecule has 4 heteroatoms. The standard InChI is InChI=1S/C7H13ClOSiTe/c1-6(11-8)5-7(9)10(2,3)4/h5H,1-4H3/b6-5+. The van der Waals surface area contributed by atoms with Crippen LogP contribution in [0.5, 0.6) is 0 Å². The molecule has 0 N–H and O–H groups in total. The normalized spacial score (nSPS) is 13.4. The molecule has 0 aliphatic carbocycles. The van der Waals surface area contributed by atoms with Crippen LogP contribution < -0.4 is 0 Å². The second kappa shape index (κ2) is 4.66. The van der Waals surface area contributed by atoms with E-state index in [1.165, 1.54) is 0 Å². The second-order valence-electron chi connectivity index (χ2n) is 3.45. The van der Waals surface area contributed by atoms with Gasteiger partial charge < -0.3 is 0 Å². The predicted octanol–water partition coefficient (Wildman–Crippen LogP) is 2.19. The third-order valence-electron chi connectivity index (χ3n) is 1.20. The fourth-order valence-electron chi connectivity index (χ4n) is 0.423. The van der Waals surface area contributed by atoms with Gasteiger partial charge in [0.2, 0.25) is 0 Å². The SMILES string of the molecule is C/C(=C\C(=O)[Si](C)(C)C)[Te]Cl. The average Bonchev–Trinajstić information content (AvgIpc) is 1.85. The van der Waals surface area contributed by atoms with Crippen molar-refractivity contribution in [3.63, 3.8) is 0 Å². The quantitative estimate of drug-likeness (QED) is 0.577. The van der Waals surface area contributed by atoms with Crippen molar-refractivity contribution in [2.45, 2.75) is 26.6 Å². The van der Waals surface area contributed by atoms with Crippen LogP contribution in [0, 0.1) is 0 Å². The van der Waals surface area contributed by atoms with Crippen LogP contribution in [0.15, 0.2) is 9.70 Å². The number of carbonyl (C=O) groups is 1. The molecule has 0 atom stereocenters. The molecule has 0 aromatic rings. The Bertz CT molecular complexity index is 183. The average molecular weight is 304 g/mol. The van der Waals surface area contributed by atoms with Crippen molar-refractivity contribution in [3.05, 3.63) is 9.70 Å². The zero-order valence-electron chi connectivity index (χ0n) is 7.27. The molecule has 1 nitrogen and oxygen atoms in total. The molecule has 0 aromatic carbocycles. The van der Waals surface area contributed by atoms with Gasteiger partial charge >= 0.3 is 83.3 Å². The van der Waals surface area contributed by atoms with Crippen molar-refractivity contribution in [2.75, 3.05) is 0 Å². The van der Waals surface area contributed by atoms with Gasteiger partial charge in [-0.3, -0.25) is 0 Å². The Morgan fingerprint density at radius 2 is 1.91 bits per heavy atom. The van der Waals surface area contributed by atoms with Crippen molar-refractivity contribution in [1.82, 2.24) is 0 Å². The van der Waals surface area contributed by atoms with Crippen molar-refractivity contribution < 1.29 is 4.79 Å². The molecule has 64 valence electrons. The fraction of sp³-hybridized carbons (Fsp3) is 0.571. The summed E-state index contributed by atoms with van der Waals surface area (Å²) in [6, 6.07) is 0. The van der Waals surface area contributed by atoms with E-state index in [0.717, 1.165) is 3.62 Å². The van der Waals surface area contributed by atoms with E-state index in [-0.39, 0.29) is 0 Å². The minimum atomic E-state index is -1.59. The van der Waals surface area contributed by atoms with E-state index < -0.39 is 27.9 Å². The molecule has 0 saturated heterocycles. The molecule has 11 heavy (non-hydrogen) atoms.